The molecule has 0 aliphatic heterocycles. The molecule has 0 saturated heterocycles. The van der Waals surface area contributed by atoms with E-state index >= 15 is 0 Å². The van der Waals surface area contributed by atoms with Gasteiger partial charge in [-0.2, -0.15) is 10.1 Å². The van der Waals surface area contributed by atoms with E-state index in [4.69, 9.17) is 4.74 Å². The summed E-state index contributed by atoms with van der Waals surface area (Å²) in [6.07, 6.45) is 3.62. The summed E-state index contributed by atoms with van der Waals surface area (Å²) in [5.41, 5.74) is 4.09. The molecule has 150 valence electrons. The lowest BCUT2D eigenvalue weighted by molar-refractivity contribution is 0.280. The molecule has 2 unspecified atom stereocenters. The maximum absolute atomic E-state index is 12.0. The average Bonchev–Trinajstić information content (AvgIpc) is 3.34. The zero-order valence-corrected chi connectivity index (χ0v) is 17.4. The summed E-state index contributed by atoms with van der Waals surface area (Å²) in [5.74, 6) is 2.43. The lowest BCUT2D eigenvalue weighted by Crippen LogP contribution is -2.22. The van der Waals surface area contributed by atoms with Crippen molar-refractivity contribution in [1.29, 1.82) is 0 Å². The zero-order valence-electron chi connectivity index (χ0n) is 17.4. The van der Waals surface area contributed by atoms with Crippen molar-refractivity contribution in [1.82, 2.24) is 24.7 Å². The van der Waals surface area contributed by atoms with Gasteiger partial charge in [0.25, 0.3) is 5.56 Å². The smallest absolute Gasteiger partial charge is 0.269 e. The van der Waals surface area contributed by atoms with Crippen molar-refractivity contribution in [2.45, 2.75) is 33.6 Å². The molecule has 1 fully saturated rings. The minimum absolute atomic E-state index is 0.121. The minimum Gasteiger partial charge on any atom is -0.477 e. The molecular weight excluding hydrogens is 366 g/mol. The van der Waals surface area contributed by atoms with Crippen molar-refractivity contribution in [3.05, 3.63) is 63.6 Å². The Hall–Kier alpha value is -3.09. The number of pyridine rings is 1. The third-order valence-corrected chi connectivity index (χ3v) is 5.64. The molecule has 4 rings (SSSR count). The molecule has 0 N–H and O–H groups in total. The Labute approximate surface area is 169 Å². The molecule has 1 aliphatic rings. The number of nitrogens with zero attached hydrogens (tertiary/aromatic N) is 5. The lowest BCUT2D eigenvalue weighted by atomic mass is 10.2. The molecule has 0 bridgehead atoms. The Kier molecular flexibility index (Phi) is 4.90. The molecule has 1 aliphatic carbocycles. The van der Waals surface area contributed by atoms with Crippen molar-refractivity contribution < 1.29 is 4.74 Å². The molecule has 0 spiro atoms. The zero-order chi connectivity index (χ0) is 20.7. The van der Waals surface area contributed by atoms with Crippen molar-refractivity contribution >= 4 is 0 Å². The van der Waals surface area contributed by atoms with E-state index < -0.39 is 0 Å². The SMILES string of the molecule is Cc1ccc(C2C(COc3nc(C)ncc3-c3cc(C)c(=O)n(C)n3)[C@H]2C)nc1. The van der Waals surface area contributed by atoms with Crippen LogP contribution in [-0.2, 0) is 7.05 Å². The van der Waals surface area contributed by atoms with Gasteiger partial charge in [-0.25, -0.2) is 9.67 Å². The standard InChI is InChI=1S/C22H25N5O2/c1-12-6-7-18(24-9-12)20-14(3)17(20)11-29-21-16(10-23-15(4)25-21)19-8-13(2)22(28)27(5)26-19/h6-10,14,17,20H,11H2,1-5H3/t14-,17?,20?/m1/s1. The van der Waals surface area contributed by atoms with E-state index in [0.29, 0.717) is 52.9 Å². The Morgan fingerprint density at radius 1 is 1.14 bits per heavy atom. The molecule has 7 nitrogen and oxygen atoms in total. The van der Waals surface area contributed by atoms with E-state index in [9.17, 15) is 4.79 Å². The highest BCUT2D eigenvalue weighted by molar-refractivity contribution is 5.63. The molecule has 1 saturated carbocycles. The highest BCUT2D eigenvalue weighted by Gasteiger charge is 2.49. The van der Waals surface area contributed by atoms with Crippen LogP contribution in [-0.4, -0.2) is 31.3 Å². The fourth-order valence-electron chi connectivity index (χ4n) is 3.77. The first-order valence-electron chi connectivity index (χ1n) is 9.79. The molecule has 3 heterocycles. The van der Waals surface area contributed by atoms with Crippen molar-refractivity contribution in [3.8, 4) is 17.1 Å². The Bertz CT molecular complexity index is 1080. The van der Waals surface area contributed by atoms with Gasteiger partial charge < -0.3 is 4.74 Å². The molecule has 3 aromatic rings. The van der Waals surface area contributed by atoms with E-state index in [1.807, 2.05) is 20.0 Å². The number of hydrogen-bond donors (Lipinski definition) is 0. The Morgan fingerprint density at radius 2 is 1.93 bits per heavy atom. The predicted molar refractivity (Wildman–Crippen MR) is 110 cm³/mol. The summed E-state index contributed by atoms with van der Waals surface area (Å²) in [6.45, 7) is 8.42. The van der Waals surface area contributed by atoms with E-state index in [1.54, 1.807) is 26.2 Å². The minimum atomic E-state index is -0.121. The first kappa shape index (κ1) is 19.2. The highest BCUT2D eigenvalue weighted by Crippen LogP contribution is 2.53. The van der Waals surface area contributed by atoms with Gasteiger partial charge in [0.15, 0.2) is 0 Å². The van der Waals surface area contributed by atoms with Gasteiger partial charge in [0.2, 0.25) is 5.88 Å². The van der Waals surface area contributed by atoms with Crippen LogP contribution in [0.1, 0.15) is 35.5 Å². The maximum Gasteiger partial charge on any atom is 0.269 e. The summed E-state index contributed by atoms with van der Waals surface area (Å²) in [7, 11) is 1.64. The van der Waals surface area contributed by atoms with Gasteiger partial charge >= 0.3 is 0 Å². The van der Waals surface area contributed by atoms with Gasteiger partial charge in [0.1, 0.15) is 5.82 Å². The van der Waals surface area contributed by atoms with E-state index in [0.717, 1.165) is 11.3 Å². The van der Waals surface area contributed by atoms with Crippen LogP contribution < -0.4 is 10.3 Å². The largest absolute Gasteiger partial charge is 0.477 e. The predicted octanol–water partition coefficient (Wildman–Crippen LogP) is 2.99. The molecule has 0 aromatic carbocycles. The van der Waals surface area contributed by atoms with Gasteiger partial charge in [-0.3, -0.25) is 9.78 Å². The average molecular weight is 391 g/mol. The number of ether oxygens (including phenoxy) is 1. The molecule has 7 heteroatoms. The molecule has 0 radical (unpaired) electrons. The fraction of sp³-hybridized carbons (Fsp3) is 0.409. The van der Waals surface area contributed by atoms with Crippen LogP contribution in [0, 0.1) is 32.6 Å². The lowest BCUT2D eigenvalue weighted by Gasteiger charge is -2.11. The second-order valence-electron chi connectivity index (χ2n) is 7.90. The molecule has 3 atom stereocenters. The van der Waals surface area contributed by atoms with E-state index in [1.165, 1.54) is 4.68 Å². The quantitative estimate of drug-likeness (QED) is 0.665. The van der Waals surface area contributed by atoms with Crippen molar-refractivity contribution in [2.75, 3.05) is 6.61 Å². The van der Waals surface area contributed by atoms with Crippen LogP contribution >= 0.6 is 0 Å². The van der Waals surface area contributed by atoms with Crippen LogP contribution in [0.5, 0.6) is 5.88 Å². The summed E-state index contributed by atoms with van der Waals surface area (Å²) in [5, 5.41) is 4.36. The van der Waals surface area contributed by atoms with Crippen molar-refractivity contribution in [3.63, 3.8) is 0 Å². The Morgan fingerprint density at radius 3 is 2.62 bits per heavy atom. The number of rotatable bonds is 5. The normalized spacial score (nSPS) is 20.5. The summed E-state index contributed by atoms with van der Waals surface area (Å²) >= 11 is 0. The van der Waals surface area contributed by atoms with Crippen molar-refractivity contribution in [2.24, 2.45) is 18.9 Å². The number of hydrogen-bond acceptors (Lipinski definition) is 6. The van der Waals surface area contributed by atoms with Crippen LogP contribution in [0.4, 0.5) is 0 Å². The maximum atomic E-state index is 12.0. The van der Waals surface area contributed by atoms with Crippen LogP contribution in [0.3, 0.4) is 0 Å². The van der Waals surface area contributed by atoms with Crippen LogP contribution in [0.2, 0.25) is 0 Å². The highest BCUT2D eigenvalue weighted by atomic mass is 16.5. The summed E-state index contributed by atoms with van der Waals surface area (Å²) in [6, 6.07) is 5.96. The monoisotopic (exact) mass is 391 g/mol. The molecule has 0 amide bonds. The second-order valence-corrected chi connectivity index (χ2v) is 7.90. The first-order chi connectivity index (χ1) is 13.8. The Balaban J connectivity index is 1.56. The van der Waals surface area contributed by atoms with Gasteiger partial charge in [0, 0.05) is 42.5 Å². The molecular formula is C22H25N5O2. The first-order valence-corrected chi connectivity index (χ1v) is 9.79. The number of aryl methyl sites for hydroxylation is 4. The van der Waals surface area contributed by atoms with Gasteiger partial charge in [-0.15, -0.1) is 0 Å². The van der Waals surface area contributed by atoms with Gasteiger partial charge in [-0.1, -0.05) is 13.0 Å². The van der Waals surface area contributed by atoms with Gasteiger partial charge in [-0.05, 0) is 44.4 Å². The summed E-state index contributed by atoms with van der Waals surface area (Å²) in [4.78, 5) is 25.3. The molecule has 3 aromatic heterocycles. The number of aromatic nitrogens is 5. The van der Waals surface area contributed by atoms with Crippen LogP contribution in [0.25, 0.3) is 11.3 Å². The summed E-state index contributed by atoms with van der Waals surface area (Å²) < 4.78 is 7.48. The third kappa shape index (κ3) is 3.77. The second kappa shape index (κ2) is 7.39. The van der Waals surface area contributed by atoms with Crippen LogP contribution in [0.15, 0.2) is 35.4 Å². The van der Waals surface area contributed by atoms with Gasteiger partial charge in [0.05, 0.1) is 17.9 Å². The van der Waals surface area contributed by atoms with E-state index in [2.05, 4.69) is 39.1 Å². The molecule has 29 heavy (non-hydrogen) atoms. The fourth-order valence-corrected chi connectivity index (χ4v) is 3.77. The third-order valence-electron chi connectivity index (χ3n) is 5.64. The topological polar surface area (TPSA) is 82.8 Å². The van der Waals surface area contributed by atoms with E-state index in [-0.39, 0.29) is 5.56 Å².